The first-order chi connectivity index (χ1) is 16.5. The van der Waals surface area contributed by atoms with Gasteiger partial charge in [-0.2, -0.15) is 0 Å². The molecule has 35 heavy (non-hydrogen) atoms. The van der Waals surface area contributed by atoms with Gasteiger partial charge < -0.3 is 10.2 Å². The standard InChI is InChI=1S/C26H36FN3O4S/c1-5-20(2)28-26(32)21(3)29(19-17-22-10-7-6-8-11-22)25(31)12-9-18-30(35(4,33)34)24-15-13-23(27)14-16-24/h6-8,10-11,13-16,20-21H,5,9,12,17-19H2,1-4H3,(H,28,32). The number of halogens is 1. The number of nitrogens with zero attached hydrogens (tertiary/aromatic N) is 2. The third-order valence-corrected chi connectivity index (χ3v) is 7.11. The zero-order valence-electron chi connectivity index (χ0n) is 20.9. The van der Waals surface area contributed by atoms with Crippen LogP contribution >= 0.6 is 0 Å². The highest BCUT2D eigenvalue weighted by molar-refractivity contribution is 7.92. The summed E-state index contributed by atoms with van der Waals surface area (Å²) in [5, 5.41) is 2.93. The van der Waals surface area contributed by atoms with Crippen molar-refractivity contribution in [1.82, 2.24) is 10.2 Å². The van der Waals surface area contributed by atoms with Gasteiger partial charge in [0.05, 0.1) is 11.9 Å². The van der Waals surface area contributed by atoms with Crippen LogP contribution in [0.5, 0.6) is 0 Å². The summed E-state index contributed by atoms with van der Waals surface area (Å²) in [6, 6.07) is 14.2. The van der Waals surface area contributed by atoms with Crippen LogP contribution in [0.1, 0.15) is 45.6 Å². The number of nitrogens with one attached hydrogen (secondary N) is 1. The van der Waals surface area contributed by atoms with Crippen molar-refractivity contribution in [3.05, 3.63) is 66.0 Å². The molecule has 0 fully saturated rings. The molecule has 0 radical (unpaired) electrons. The van der Waals surface area contributed by atoms with Gasteiger partial charge in [0, 0.05) is 25.6 Å². The number of amides is 2. The predicted octanol–water partition coefficient (Wildman–Crippen LogP) is 3.75. The second kappa shape index (κ2) is 13.2. The zero-order chi connectivity index (χ0) is 26.0. The van der Waals surface area contributed by atoms with E-state index in [-0.39, 0.29) is 37.2 Å². The summed E-state index contributed by atoms with van der Waals surface area (Å²) in [5.41, 5.74) is 1.39. The van der Waals surface area contributed by atoms with Crippen LogP contribution in [0.15, 0.2) is 54.6 Å². The Morgan fingerprint density at radius 2 is 1.63 bits per heavy atom. The number of carbonyl (C=O) groups excluding carboxylic acids is 2. The fourth-order valence-corrected chi connectivity index (χ4v) is 4.61. The Morgan fingerprint density at radius 1 is 1.00 bits per heavy atom. The minimum atomic E-state index is -3.62. The van der Waals surface area contributed by atoms with Crippen molar-refractivity contribution in [1.29, 1.82) is 0 Å². The highest BCUT2D eigenvalue weighted by Gasteiger charge is 2.26. The highest BCUT2D eigenvalue weighted by atomic mass is 32.2. The van der Waals surface area contributed by atoms with E-state index in [2.05, 4.69) is 5.32 Å². The summed E-state index contributed by atoms with van der Waals surface area (Å²) >= 11 is 0. The molecule has 0 aliphatic rings. The van der Waals surface area contributed by atoms with Crippen molar-refractivity contribution < 1.29 is 22.4 Å². The van der Waals surface area contributed by atoms with Crippen molar-refractivity contribution in [3.63, 3.8) is 0 Å². The molecular formula is C26H36FN3O4S. The molecule has 0 saturated heterocycles. The van der Waals surface area contributed by atoms with Gasteiger partial charge in [0.25, 0.3) is 0 Å². The molecule has 0 bridgehead atoms. The molecule has 0 spiro atoms. The topological polar surface area (TPSA) is 86.8 Å². The lowest BCUT2D eigenvalue weighted by atomic mass is 10.1. The lowest BCUT2D eigenvalue weighted by Crippen LogP contribution is -2.50. The van der Waals surface area contributed by atoms with Gasteiger partial charge in [-0.1, -0.05) is 37.3 Å². The second-order valence-corrected chi connectivity index (χ2v) is 10.6. The third-order valence-electron chi connectivity index (χ3n) is 5.92. The van der Waals surface area contributed by atoms with E-state index in [1.54, 1.807) is 11.8 Å². The van der Waals surface area contributed by atoms with Gasteiger partial charge in [0.1, 0.15) is 11.9 Å². The summed E-state index contributed by atoms with van der Waals surface area (Å²) < 4.78 is 39.0. The number of benzene rings is 2. The molecule has 2 atom stereocenters. The van der Waals surface area contributed by atoms with Gasteiger partial charge >= 0.3 is 0 Å². The number of rotatable bonds is 13. The average molecular weight is 506 g/mol. The molecule has 2 amide bonds. The normalized spacial score (nSPS) is 13.1. The number of hydrogen-bond acceptors (Lipinski definition) is 4. The number of anilines is 1. The molecule has 2 aromatic rings. The zero-order valence-corrected chi connectivity index (χ0v) is 21.7. The van der Waals surface area contributed by atoms with Crippen LogP contribution in [-0.2, 0) is 26.0 Å². The smallest absolute Gasteiger partial charge is 0.242 e. The Labute approximate surface area is 208 Å². The van der Waals surface area contributed by atoms with Crippen molar-refractivity contribution in [2.24, 2.45) is 0 Å². The molecule has 0 aliphatic heterocycles. The molecule has 0 aromatic heterocycles. The van der Waals surface area contributed by atoms with Gasteiger partial charge in [0.2, 0.25) is 21.8 Å². The van der Waals surface area contributed by atoms with Crippen LogP contribution in [0, 0.1) is 5.82 Å². The lowest BCUT2D eigenvalue weighted by Gasteiger charge is -2.30. The molecule has 0 aliphatic carbocycles. The molecule has 9 heteroatoms. The fraction of sp³-hybridized carbons (Fsp3) is 0.462. The first-order valence-corrected chi connectivity index (χ1v) is 13.7. The number of hydrogen-bond donors (Lipinski definition) is 1. The van der Waals surface area contributed by atoms with Gasteiger partial charge in [-0.3, -0.25) is 13.9 Å². The highest BCUT2D eigenvalue weighted by Crippen LogP contribution is 2.19. The van der Waals surface area contributed by atoms with E-state index in [1.165, 1.54) is 24.3 Å². The average Bonchev–Trinajstić information content (AvgIpc) is 2.82. The molecule has 2 rings (SSSR count). The molecule has 1 N–H and O–H groups in total. The van der Waals surface area contributed by atoms with E-state index in [1.807, 2.05) is 44.2 Å². The second-order valence-electron chi connectivity index (χ2n) is 8.73. The van der Waals surface area contributed by atoms with Crippen molar-refractivity contribution in [2.75, 3.05) is 23.7 Å². The third kappa shape index (κ3) is 8.98. The van der Waals surface area contributed by atoms with Crippen LogP contribution in [-0.4, -0.2) is 56.6 Å². The Morgan fingerprint density at radius 3 is 2.20 bits per heavy atom. The van der Waals surface area contributed by atoms with Crippen molar-refractivity contribution in [3.8, 4) is 0 Å². The Bertz CT molecular complexity index is 1060. The minimum Gasteiger partial charge on any atom is -0.352 e. The van der Waals surface area contributed by atoms with E-state index in [9.17, 15) is 22.4 Å². The molecule has 0 saturated carbocycles. The van der Waals surface area contributed by atoms with Gasteiger partial charge in [-0.05, 0) is 62.9 Å². The first kappa shape index (κ1) is 28.3. The number of carbonyl (C=O) groups is 2. The maximum absolute atomic E-state index is 13.3. The maximum Gasteiger partial charge on any atom is 0.242 e. The van der Waals surface area contributed by atoms with Crippen LogP contribution in [0.4, 0.5) is 10.1 Å². The van der Waals surface area contributed by atoms with E-state index in [4.69, 9.17) is 0 Å². The van der Waals surface area contributed by atoms with E-state index in [0.29, 0.717) is 18.7 Å². The summed E-state index contributed by atoms with van der Waals surface area (Å²) in [6.45, 7) is 6.03. The quantitative estimate of drug-likeness (QED) is 0.449. The Balaban J connectivity index is 2.10. The van der Waals surface area contributed by atoms with Crippen LogP contribution < -0.4 is 9.62 Å². The molecular weight excluding hydrogens is 469 g/mol. The van der Waals surface area contributed by atoms with Gasteiger partial charge in [0.15, 0.2) is 0 Å². The van der Waals surface area contributed by atoms with Crippen LogP contribution in [0.3, 0.4) is 0 Å². The Kier molecular flexibility index (Phi) is 10.7. The van der Waals surface area contributed by atoms with Crippen LogP contribution in [0.2, 0.25) is 0 Å². The van der Waals surface area contributed by atoms with Crippen molar-refractivity contribution in [2.45, 2.75) is 58.5 Å². The summed E-state index contributed by atoms with van der Waals surface area (Å²) in [6.07, 6.45) is 2.78. The molecule has 7 nitrogen and oxygen atoms in total. The summed E-state index contributed by atoms with van der Waals surface area (Å²) in [4.78, 5) is 27.5. The predicted molar refractivity (Wildman–Crippen MR) is 137 cm³/mol. The Hall–Kier alpha value is -2.94. The monoisotopic (exact) mass is 505 g/mol. The molecule has 192 valence electrons. The fourth-order valence-electron chi connectivity index (χ4n) is 3.65. The minimum absolute atomic E-state index is 0.00458. The van der Waals surface area contributed by atoms with Crippen LogP contribution in [0.25, 0.3) is 0 Å². The molecule has 2 unspecified atom stereocenters. The summed E-state index contributed by atoms with van der Waals surface area (Å²) in [5.74, 6) is -0.902. The van der Waals surface area contributed by atoms with E-state index < -0.39 is 21.9 Å². The maximum atomic E-state index is 13.3. The SMILES string of the molecule is CCC(C)NC(=O)C(C)N(CCc1ccccc1)C(=O)CCCN(c1ccc(F)cc1)S(C)(=O)=O. The largest absolute Gasteiger partial charge is 0.352 e. The lowest BCUT2D eigenvalue weighted by molar-refractivity contribution is -0.140. The molecule has 2 aromatic carbocycles. The van der Waals surface area contributed by atoms with E-state index in [0.717, 1.165) is 22.5 Å². The number of sulfonamides is 1. The van der Waals surface area contributed by atoms with Gasteiger partial charge in [-0.15, -0.1) is 0 Å². The summed E-state index contributed by atoms with van der Waals surface area (Å²) in [7, 11) is -3.62. The van der Waals surface area contributed by atoms with Gasteiger partial charge in [-0.25, -0.2) is 12.8 Å². The molecule has 0 heterocycles. The van der Waals surface area contributed by atoms with E-state index >= 15 is 0 Å². The van der Waals surface area contributed by atoms with Crippen molar-refractivity contribution >= 4 is 27.5 Å². The first-order valence-electron chi connectivity index (χ1n) is 11.9.